The molecule has 0 spiro atoms. The molecule has 0 aromatic heterocycles. The summed E-state index contributed by atoms with van der Waals surface area (Å²) in [6, 6.07) is 0. The van der Waals surface area contributed by atoms with Crippen molar-refractivity contribution in [1.29, 1.82) is 0 Å². The van der Waals surface area contributed by atoms with Gasteiger partial charge < -0.3 is 20.4 Å². The Hall–Kier alpha value is -0.570. The van der Waals surface area contributed by atoms with Crippen LogP contribution in [-0.4, -0.2) is 74.0 Å². The van der Waals surface area contributed by atoms with Gasteiger partial charge in [-0.25, -0.2) is 0 Å². The van der Waals surface area contributed by atoms with Crippen LogP contribution in [0.15, 0.2) is 4.99 Å². The molecular formula is C18H38IN5O. The molecule has 0 bridgehead atoms. The van der Waals surface area contributed by atoms with Crippen LogP contribution in [0.1, 0.15) is 41.0 Å². The number of hydrogen-bond acceptors (Lipinski definition) is 3. The first-order valence-electron chi connectivity index (χ1n) is 9.55. The molecule has 1 fully saturated rings. The second kappa shape index (κ2) is 13.6. The van der Waals surface area contributed by atoms with Gasteiger partial charge in [0.15, 0.2) is 5.96 Å². The van der Waals surface area contributed by atoms with Crippen molar-refractivity contribution < 1.29 is 4.79 Å². The molecule has 148 valence electrons. The number of guanidine groups is 1. The van der Waals surface area contributed by atoms with Crippen molar-refractivity contribution in [2.24, 2.45) is 16.8 Å². The Bertz CT molecular complexity index is 399. The standard InChI is InChI=1S/C18H37N5O.HI/c1-6-19-18(21-11-10-20-17(24)15(4)5)23-12-9-16(14-23)13-22(7-2)8-3;/h15-16H,6-14H2,1-5H3,(H,19,21)(H,20,24);1H. The van der Waals surface area contributed by atoms with Crippen LogP contribution in [0.25, 0.3) is 0 Å². The lowest BCUT2D eigenvalue weighted by molar-refractivity contribution is -0.123. The number of carbonyl (C=O) groups excluding carboxylic acids is 1. The zero-order valence-corrected chi connectivity index (χ0v) is 19.0. The molecule has 0 aromatic rings. The number of rotatable bonds is 9. The highest BCUT2D eigenvalue weighted by Gasteiger charge is 2.25. The molecule has 7 heteroatoms. The van der Waals surface area contributed by atoms with Crippen LogP contribution in [0, 0.1) is 11.8 Å². The minimum Gasteiger partial charge on any atom is -0.357 e. The van der Waals surface area contributed by atoms with Crippen molar-refractivity contribution in [3.63, 3.8) is 0 Å². The lowest BCUT2D eigenvalue weighted by Crippen LogP contribution is -2.41. The average Bonchev–Trinajstić information content (AvgIpc) is 3.03. The minimum atomic E-state index is 0. The van der Waals surface area contributed by atoms with Crippen LogP contribution in [0.4, 0.5) is 0 Å². The molecule has 0 saturated carbocycles. The zero-order valence-electron chi connectivity index (χ0n) is 16.7. The van der Waals surface area contributed by atoms with E-state index in [2.05, 4.69) is 46.2 Å². The molecule has 2 N–H and O–H groups in total. The Balaban J connectivity index is 0.00000576. The molecule has 1 atom stereocenters. The van der Waals surface area contributed by atoms with Crippen LogP contribution in [0.5, 0.6) is 0 Å². The SMILES string of the molecule is CCNC(=NCCNC(=O)C(C)C)N1CCC(CN(CC)CC)C1.I. The molecule has 0 aliphatic carbocycles. The normalized spacial score (nSPS) is 17.8. The molecule has 1 rings (SSSR count). The molecule has 1 amide bonds. The van der Waals surface area contributed by atoms with Gasteiger partial charge in [-0.05, 0) is 32.4 Å². The summed E-state index contributed by atoms with van der Waals surface area (Å²) in [7, 11) is 0. The number of hydrogen-bond donors (Lipinski definition) is 2. The summed E-state index contributed by atoms with van der Waals surface area (Å²) >= 11 is 0. The maximum absolute atomic E-state index is 11.6. The third-order valence-corrected chi connectivity index (χ3v) is 4.53. The summed E-state index contributed by atoms with van der Waals surface area (Å²) in [5.41, 5.74) is 0. The first-order valence-corrected chi connectivity index (χ1v) is 9.55. The quantitative estimate of drug-likeness (QED) is 0.236. The van der Waals surface area contributed by atoms with Gasteiger partial charge in [0, 0.05) is 38.6 Å². The van der Waals surface area contributed by atoms with Crippen LogP contribution in [0.3, 0.4) is 0 Å². The number of amides is 1. The fraction of sp³-hybridized carbons (Fsp3) is 0.889. The van der Waals surface area contributed by atoms with E-state index in [4.69, 9.17) is 0 Å². The summed E-state index contributed by atoms with van der Waals surface area (Å²) < 4.78 is 0. The van der Waals surface area contributed by atoms with E-state index in [-0.39, 0.29) is 35.8 Å². The van der Waals surface area contributed by atoms with Crippen LogP contribution < -0.4 is 10.6 Å². The molecule has 0 radical (unpaired) electrons. The number of halogens is 1. The molecule has 1 unspecified atom stereocenters. The van der Waals surface area contributed by atoms with E-state index in [1.54, 1.807) is 0 Å². The van der Waals surface area contributed by atoms with Crippen LogP contribution in [0.2, 0.25) is 0 Å². The van der Waals surface area contributed by atoms with Crippen molar-refractivity contribution >= 4 is 35.8 Å². The molecular weight excluding hydrogens is 429 g/mol. The summed E-state index contributed by atoms with van der Waals surface area (Å²) in [6.45, 7) is 18.0. The monoisotopic (exact) mass is 467 g/mol. The Kier molecular flexibility index (Phi) is 13.3. The average molecular weight is 467 g/mol. The smallest absolute Gasteiger partial charge is 0.222 e. The highest BCUT2D eigenvalue weighted by molar-refractivity contribution is 14.0. The van der Waals surface area contributed by atoms with Gasteiger partial charge in [-0.3, -0.25) is 9.79 Å². The van der Waals surface area contributed by atoms with E-state index in [0.29, 0.717) is 13.1 Å². The van der Waals surface area contributed by atoms with Gasteiger partial charge in [-0.2, -0.15) is 0 Å². The molecule has 1 saturated heterocycles. The molecule has 1 heterocycles. The number of carbonyl (C=O) groups is 1. The van der Waals surface area contributed by atoms with Crippen molar-refractivity contribution in [2.45, 2.75) is 41.0 Å². The second-order valence-corrected chi connectivity index (χ2v) is 6.77. The fourth-order valence-corrected chi connectivity index (χ4v) is 2.99. The third-order valence-electron chi connectivity index (χ3n) is 4.53. The fourth-order valence-electron chi connectivity index (χ4n) is 2.99. The van der Waals surface area contributed by atoms with Gasteiger partial charge in [0.05, 0.1) is 6.54 Å². The number of nitrogens with zero attached hydrogens (tertiary/aromatic N) is 3. The first kappa shape index (κ1) is 24.4. The maximum atomic E-state index is 11.6. The summed E-state index contributed by atoms with van der Waals surface area (Å²) in [5.74, 6) is 1.82. The molecule has 25 heavy (non-hydrogen) atoms. The van der Waals surface area contributed by atoms with E-state index in [1.807, 2.05) is 13.8 Å². The third kappa shape index (κ3) is 9.08. The Morgan fingerprint density at radius 2 is 1.92 bits per heavy atom. The predicted molar refractivity (Wildman–Crippen MR) is 117 cm³/mol. The summed E-state index contributed by atoms with van der Waals surface area (Å²) in [4.78, 5) is 21.1. The Morgan fingerprint density at radius 1 is 1.24 bits per heavy atom. The van der Waals surface area contributed by atoms with Crippen molar-refractivity contribution in [2.75, 3.05) is 52.4 Å². The Morgan fingerprint density at radius 3 is 2.48 bits per heavy atom. The van der Waals surface area contributed by atoms with E-state index in [0.717, 1.165) is 44.6 Å². The largest absolute Gasteiger partial charge is 0.357 e. The van der Waals surface area contributed by atoms with Crippen LogP contribution in [-0.2, 0) is 4.79 Å². The van der Waals surface area contributed by atoms with Gasteiger partial charge in [0.1, 0.15) is 0 Å². The number of aliphatic imine (C=N–C) groups is 1. The van der Waals surface area contributed by atoms with E-state index < -0.39 is 0 Å². The van der Waals surface area contributed by atoms with Gasteiger partial charge >= 0.3 is 0 Å². The van der Waals surface area contributed by atoms with Crippen molar-refractivity contribution in [1.82, 2.24) is 20.4 Å². The minimum absolute atomic E-state index is 0. The van der Waals surface area contributed by atoms with Crippen LogP contribution >= 0.6 is 24.0 Å². The second-order valence-electron chi connectivity index (χ2n) is 6.77. The van der Waals surface area contributed by atoms with E-state index in [1.165, 1.54) is 13.0 Å². The molecule has 0 aromatic carbocycles. The molecule has 6 nitrogen and oxygen atoms in total. The summed E-state index contributed by atoms with van der Waals surface area (Å²) in [5, 5.41) is 6.31. The summed E-state index contributed by atoms with van der Waals surface area (Å²) in [6.07, 6.45) is 1.23. The van der Waals surface area contributed by atoms with Crippen molar-refractivity contribution in [3.8, 4) is 0 Å². The predicted octanol–water partition coefficient (Wildman–Crippen LogP) is 2.01. The van der Waals surface area contributed by atoms with Gasteiger partial charge in [-0.15, -0.1) is 24.0 Å². The lowest BCUT2D eigenvalue weighted by atomic mass is 10.1. The lowest BCUT2D eigenvalue weighted by Gasteiger charge is -2.24. The van der Waals surface area contributed by atoms with E-state index >= 15 is 0 Å². The maximum Gasteiger partial charge on any atom is 0.222 e. The van der Waals surface area contributed by atoms with Gasteiger partial charge in [-0.1, -0.05) is 27.7 Å². The molecule has 1 aliphatic heterocycles. The van der Waals surface area contributed by atoms with Gasteiger partial charge in [0.2, 0.25) is 5.91 Å². The number of nitrogens with one attached hydrogen (secondary N) is 2. The molecule has 1 aliphatic rings. The Labute approximate surface area is 171 Å². The van der Waals surface area contributed by atoms with E-state index in [9.17, 15) is 4.79 Å². The van der Waals surface area contributed by atoms with Crippen molar-refractivity contribution in [3.05, 3.63) is 0 Å². The van der Waals surface area contributed by atoms with Gasteiger partial charge in [0.25, 0.3) is 0 Å². The zero-order chi connectivity index (χ0) is 17.9. The topological polar surface area (TPSA) is 60.0 Å². The first-order chi connectivity index (χ1) is 11.5. The highest BCUT2D eigenvalue weighted by atomic mass is 127. The number of likely N-dealkylation sites (tertiary alicyclic amines) is 1. The highest BCUT2D eigenvalue weighted by Crippen LogP contribution is 2.17.